The summed E-state index contributed by atoms with van der Waals surface area (Å²) in [5.41, 5.74) is 5.78. The zero-order chi connectivity index (χ0) is 15.4. The minimum Gasteiger partial charge on any atom is -0.484 e. The zero-order valence-electron chi connectivity index (χ0n) is 11.2. The van der Waals surface area contributed by atoms with E-state index < -0.39 is 23.7 Å². The Morgan fingerprint density at radius 3 is 2.71 bits per heavy atom. The van der Waals surface area contributed by atoms with Crippen molar-refractivity contribution >= 4 is 17.8 Å². The second-order valence-electron chi connectivity index (χ2n) is 4.91. The summed E-state index contributed by atoms with van der Waals surface area (Å²) in [6.45, 7) is 0.0631. The number of benzene rings is 1. The van der Waals surface area contributed by atoms with Crippen LogP contribution in [0.5, 0.6) is 5.75 Å². The van der Waals surface area contributed by atoms with Gasteiger partial charge in [0.05, 0.1) is 11.8 Å². The molecule has 1 fully saturated rings. The molecule has 0 aliphatic heterocycles. The van der Waals surface area contributed by atoms with Crippen molar-refractivity contribution in [3.63, 3.8) is 0 Å². The SMILES string of the molecule is NC(=O)COc1cccc(CNC(=O)C2CC2C(=O)O)c1. The van der Waals surface area contributed by atoms with Crippen LogP contribution in [-0.2, 0) is 20.9 Å². The summed E-state index contributed by atoms with van der Waals surface area (Å²) in [5, 5.41) is 11.5. The Hall–Kier alpha value is -2.57. The number of carbonyl (C=O) groups is 3. The molecule has 1 aliphatic carbocycles. The van der Waals surface area contributed by atoms with Gasteiger partial charge >= 0.3 is 5.97 Å². The maximum atomic E-state index is 11.7. The molecule has 0 radical (unpaired) electrons. The van der Waals surface area contributed by atoms with Gasteiger partial charge in [-0.2, -0.15) is 0 Å². The second-order valence-corrected chi connectivity index (χ2v) is 4.91. The van der Waals surface area contributed by atoms with Crippen LogP contribution in [0, 0.1) is 11.8 Å². The maximum absolute atomic E-state index is 11.7. The monoisotopic (exact) mass is 292 g/mol. The van der Waals surface area contributed by atoms with Crippen molar-refractivity contribution in [2.24, 2.45) is 17.6 Å². The molecule has 0 aromatic heterocycles. The average Bonchev–Trinajstić information content (AvgIpc) is 3.23. The van der Waals surface area contributed by atoms with E-state index in [0.29, 0.717) is 12.2 Å². The first kappa shape index (κ1) is 14.8. The molecule has 21 heavy (non-hydrogen) atoms. The summed E-state index contributed by atoms with van der Waals surface area (Å²) in [6, 6.07) is 6.88. The molecule has 112 valence electrons. The van der Waals surface area contributed by atoms with Gasteiger partial charge in [0.25, 0.3) is 5.91 Å². The van der Waals surface area contributed by atoms with E-state index in [1.165, 1.54) is 0 Å². The maximum Gasteiger partial charge on any atom is 0.307 e. The van der Waals surface area contributed by atoms with Crippen molar-refractivity contribution in [1.82, 2.24) is 5.32 Å². The molecule has 2 atom stereocenters. The van der Waals surface area contributed by atoms with E-state index in [9.17, 15) is 14.4 Å². The van der Waals surface area contributed by atoms with Crippen LogP contribution in [0.25, 0.3) is 0 Å². The number of ether oxygens (including phenoxy) is 1. The van der Waals surface area contributed by atoms with Crippen molar-refractivity contribution in [1.29, 1.82) is 0 Å². The first-order valence-corrected chi connectivity index (χ1v) is 6.48. The van der Waals surface area contributed by atoms with E-state index in [4.69, 9.17) is 15.6 Å². The first-order chi connectivity index (χ1) is 9.97. The molecule has 1 saturated carbocycles. The zero-order valence-corrected chi connectivity index (χ0v) is 11.2. The van der Waals surface area contributed by atoms with Gasteiger partial charge in [-0.1, -0.05) is 12.1 Å². The van der Waals surface area contributed by atoms with Gasteiger partial charge < -0.3 is 20.9 Å². The largest absolute Gasteiger partial charge is 0.484 e. The van der Waals surface area contributed by atoms with Crippen molar-refractivity contribution in [3.8, 4) is 5.75 Å². The fraction of sp³-hybridized carbons (Fsp3) is 0.357. The van der Waals surface area contributed by atoms with Crippen molar-refractivity contribution in [3.05, 3.63) is 29.8 Å². The van der Waals surface area contributed by atoms with E-state index in [0.717, 1.165) is 5.56 Å². The van der Waals surface area contributed by atoms with Crippen molar-refractivity contribution in [2.75, 3.05) is 6.61 Å². The third kappa shape index (κ3) is 4.20. The van der Waals surface area contributed by atoms with E-state index in [-0.39, 0.29) is 19.1 Å². The molecule has 1 aromatic rings. The quantitative estimate of drug-likeness (QED) is 0.647. The minimum absolute atomic E-state index is 0.210. The number of rotatable bonds is 7. The van der Waals surface area contributed by atoms with Gasteiger partial charge in [-0.15, -0.1) is 0 Å². The molecule has 0 bridgehead atoms. The molecule has 2 unspecified atom stereocenters. The summed E-state index contributed by atoms with van der Waals surface area (Å²) >= 11 is 0. The van der Waals surface area contributed by atoms with E-state index in [2.05, 4.69) is 5.32 Å². The highest BCUT2D eigenvalue weighted by molar-refractivity contribution is 5.89. The van der Waals surface area contributed by atoms with Crippen LogP contribution in [0.15, 0.2) is 24.3 Å². The third-order valence-electron chi connectivity index (χ3n) is 3.19. The number of primary amides is 1. The molecular formula is C14H16N2O5. The van der Waals surface area contributed by atoms with Gasteiger partial charge in [-0.05, 0) is 24.1 Å². The third-order valence-corrected chi connectivity index (χ3v) is 3.19. The highest BCUT2D eigenvalue weighted by atomic mass is 16.5. The average molecular weight is 292 g/mol. The predicted molar refractivity (Wildman–Crippen MR) is 72.2 cm³/mol. The van der Waals surface area contributed by atoms with Crippen LogP contribution in [0.4, 0.5) is 0 Å². The molecule has 7 heteroatoms. The van der Waals surface area contributed by atoms with Gasteiger partial charge in [-0.3, -0.25) is 14.4 Å². The van der Waals surface area contributed by atoms with Gasteiger partial charge in [0.15, 0.2) is 6.61 Å². The first-order valence-electron chi connectivity index (χ1n) is 6.48. The number of aliphatic carboxylic acids is 1. The van der Waals surface area contributed by atoms with Crippen LogP contribution < -0.4 is 15.8 Å². The Balaban J connectivity index is 1.83. The van der Waals surface area contributed by atoms with Crippen LogP contribution >= 0.6 is 0 Å². The fourth-order valence-electron chi connectivity index (χ4n) is 1.98. The number of carbonyl (C=O) groups excluding carboxylic acids is 2. The van der Waals surface area contributed by atoms with Crippen LogP contribution in [0.1, 0.15) is 12.0 Å². The summed E-state index contributed by atoms with van der Waals surface area (Å²) in [6.07, 6.45) is 0.392. The Morgan fingerprint density at radius 2 is 2.10 bits per heavy atom. The fourth-order valence-corrected chi connectivity index (χ4v) is 1.98. The normalized spacial score (nSPS) is 19.6. The predicted octanol–water partition coefficient (Wildman–Crippen LogP) is -0.112. The molecule has 1 aromatic carbocycles. The number of hydrogen-bond acceptors (Lipinski definition) is 4. The van der Waals surface area contributed by atoms with E-state index in [1.807, 2.05) is 0 Å². The molecule has 2 rings (SSSR count). The topological polar surface area (TPSA) is 119 Å². The standard InChI is InChI=1S/C14H16N2O5/c15-12(17)7-21-9-3-1-2-8(4-9)6-16-13(18)10-5-11(10)14(19)20/h1-4,10-11H,5-7H2,(H2,15,17)(H,16,18)(H,19,20). The van der Waals surface area contributed by atoms with Crippen LogP contribution in [0.2, 0.25) is 0 Å². The number of nitrogens with one attached hydrogen (secondary N) is 1. The van der Waals surface area contributed by atoms with Crippen molar-refractivity contribution < 1.29 is 24.2 Å². The molecule has 7 nitrogen and oxygen atoms in total. The minimum atomic E-state index is -0.933. The number of carboxylic acids is 1. The summed E-state index contributed by atoms with van der Waals surface area (Å²) < 4.78 is 5.16. The summed E-state index contributed by atoms with van der Waals surface area (Å²) in [7, 11) is 0. The number of hydrogen-bond donors (Lipinski definition) is 3. The highest BCUT2D eigenvalue weighted by Gasteiger charge is 2.48. The Kier molecular flexibility index (Phi) is 4.42. The van der Waals surface area contributed by atoms with E-state index in [1.54, 1.807) is 24.3 Å². The highest BCUT2D eigenvalue weighted by Crippen LogP contribution is 2.38. The molecule has 0 saturated heterocycles. The van der Waals surface area contributed by atoms with Gasteiger partial charge in [0.1, 0.15) is 5.75 Å². The molecule has 1 aliphatic rings. The van der Waals surface area contributed by atoms with Gasteiger partial charge in [-0.25, -0.2) is 0 Å². The van der Waals surface area contributed by atoms with Crippen LogP contribution in [-0.4, -0.2) is 29.5 Å². The van der Waals surface area contributed by atoms with Crippen LogP contribution in [0.3, 0.4) is 0 Å². The second kappa shape index (κ2) is 6.25. The number of carboxylic acid groups (broad SMARTS) is 1. The van der Waals surface area contributed by atoms with Gasteiger partial charge in [0, 0.05) is 6.54 Å². The number of nitrogens with two attached hydrogens (primary N) is 1. The number of amides is 2. The van der Waals surface area contributed by atoms with E-state index >= 15 is 0 Å². The van der Waals surface area contributed by atoms with Crippen molar-refractivity contribution in [2.45, 2.75) is 13.0 Å². The van der Waals surface area contributed by atoms with Gasteiger partial charge in [0.2, 0.25) is 5.91 Å². The lowest BCUT2D eigenvalue weighted by Crippen LogP contribution is -2.26. The lowest BCUT2D eigenvalue weighted by molar-refractivity contribution is -0.140. The molecule has 0 heterocycles. The molecule has 0 spiro atoms. The lowest BCUT2D eigenvalue weighted by Gasteiger charge is -2.08. The Morgan fingerprint density at radius 1 is 1.33 bits per heavy atom. The summed E-state index contributed by atoms with van der Waals surface area (Å²) in [5.74, 6) is -2.27. The smallest absolute Gasteiger partial charge is 0.307 e. The molecular weight excluding hydrogens is 276 g/mol. The molecule has 2 amide bonds. The summed E-state index contributed by atoms with van der Waals surface area (Å²) in [4.78, 5) is 33.0. The Bertz CT molecular complexity index is 572. The molecule has 4 N–H and O–H groups in total. The lowest BCUT2D eigenvalue weighted by atomic mass is 10.2. The Labute approximate surface area is 121 Å².